The van der Waals surface area contributed by atoms with E-state index >= 15 is 0 Å². The Morgan fingerprint density at radius 1 is 1.77 bits per heavy atom. The van der Waals surface area contributed by atoms with E-state index < -0.39 is 6.10 Å². The van der Waals surface area contributed by atoms with Gasteiger partial charge in [0, 0.05) is 0 Å². The van der Waals surface area contributed by atoms with Crippen molar-refractivity contribution in [1.82, 2.24) is 0 Å². The number of carbonyl (C=O) groups is 1. The third-order valence-electron chi connectivity index (χ3n) is 2.10. The Balaban J connectivity index is 2.39. The van der Waals surface area contributed by atoms with Crippen LogP contribution in [0.4, 0.5) is 0 Å². The molecule has 0 aromatic rings. The predicted molar refractivity (Wildman–Crippen MR) is 49.1 cm³/mol. The van der Waals surface area contributed by atoms with Crippen molar-refractivity contribution >= 4 is 5.97 Å². The lowest BCUT2D eigenvalue weighted by atomic mass is 9.99. The highest BCUT2D eigenvalue weighted by molar-refractivity contribution is 5.74. The summed E-state index contributed by atoms with van der Waals surface area (Å²) in [5, 5.41) is 9.51. The minimum Gasteiger partial charge on any atom is -0.465 e. The molecular formula is C10H16O3. The Labute approximate surface area is 78.4 Å². The first-order valence-corrected chi connectivity index (χ1v) is 4.59. The molecule has 1 saturated heterocycles. The number of cyclic esters (lactones) is 1. The molecule has 0 amide bonds. The first-order valence-electron chi connectivity index (χ1n) is 4.59. The van der Waals surface area contributed by atoms with Crippen molar-refractivity contribution in [1.29, 1.82) is 0 Å². The van der Waals surface area contributed by atoms with Crippen molar-refractivity contribution in [3.8, 4) is 0 Å². The summed E-state index contributed by atoms with van der Waals surface area (Å²) in [5.74, 6) is -0.271. The van der Waals surface area contributed by atoms with Crippen molar-refractivity contribution in [2.75, 3.05) is 6.61 Å². The van der Waals surface area contributed by atoms with Crippen LogP contribution in [-0.4, -0.2) is 23.8 Å². The summed E-state index contributed by atoms with van der Waals surface area (Å²) >= 11 is 0. The van der Waals surface area contributed by atoms with Gasteiger partial charge in [0.25, 0.3) is 0 Å². The molecule has 3 nitrogen and oxygen atoms in total. The third kappa shape index (κ3) is 3.19. The van der Waals surface area contributed by atoms with Gasteiger partial charge < -0.3 is 9.84 Å². The molecule has 1 aliphatic rings. The molecular weight excluding hydrogens is 168 g/mol. The summed E-state index contributed by atoms with van der Waals surface area (Å²) < 4.78 is 4.80. The van der Waals surface area contributed by atoms with Crippen molar-refractivity contribution in [3.63, 3.8) is 0 Å². The van der Waals surface area contributed by atoms with Crippen LogP contribution in [0.5, 0.6) is 0 Å². The van der Waals surface area contributed by atoms with Crippen LogP contribution in [0.2, 0.25) is 0 Å². The van der Waals surface area contributed by atoms with E-state index in [1.165, 1.54) is 0 Å². The van der Waals surface area contributed by atoms with Crippen LogP contribution in [0.25, 0.3) is 0 Å². The number of esters is 1. The highest BCUT2D eigenvalue weighted by atomic mass is 16.5. The second-order valence-electron chi connectivity index (χ2n) is 3.70. The van der Waals surface area contributed by atoms with Gasteiger partial charge in [-0.25, -0.2) is 0 Å². The number of aliphatic hydroxyl groups is 1. The van der Waals surface area contributed by atoms with Gasteiger partial charge >= 0.3 is 5.97 Å². The molecule has 0 saturated carbocycles. The van der Waals surface area contributed by atoms with Gasteiger partial charge in [-0.1, -0.05) is 11.6 Å². The molecule has 13 heavy (non-hydrogen) atoms. The maximum atomic E-state index is 11.0. The van der Waals surface area contributed by atoms with E-state index in [4.69, 9.17) is 4.74 Å². The van der Waals surface area contributed by atoms with Crippen molar-refractivity contribution < 1.29 is 14.6 Å². The fraction of sp³-hybridized carbons (Fsp3) is 0.700. The molecule has 1 aliphatic heterocycles. The molecule has 1 fully saturated rings. The first-order chi connectivity index (χ1) is 6.09. The number of carbonyl (C=O) groups excluding carboxylic acids is 1. The molecule has 0 aromatic carbocycles. The smallest absolute Gasteiger partial charge is 0.309 e. The SMILES string of the molecule is CC(C)=CC(O)CC1CCOC1=O. The van der Waals surface area contributed by atoms with Crippen LogP contribution in [0, 0.1) is 5.92 Å². The van der Waals surface area contributed by atoms with Crippen molar-refractivity contribution in [3.05, 3.63) is 11.6 Å². The second-order valence-corrected chi connectivity index (χ2v) is 3.70. The largest absolute Gasteiger partial charge is 0.465 e. The Hall–Kier alpha value is -0.830. The minimum absolute atomic E-state index is 0.106. The van der Waals surface area contributed by atoms with E-state index in [2.05, 4.69) is 0 Å². The summed E-state index contributed by atoms with van der Waals surface area (Å²) in [6.45, 7) is 4.36. The minimum atomic E-state index is -0.513. The van der Waals surface area contributed by atoms with Crippen LogP contribution >= 0.6 is 0 Å². The van der Waals surface area contributed by atoms with Crippen LogP contribution < -0.4 is 0 Å². The zero-order valence-electron chi connectivity index (χ0n) is 8.12. The maximum Gasteiger partial charge on any atom is 0.309 e. The molecule has 3 heteroatoms. The van der Waals surface area contributed by atoms with Gasteiger partial charge in [-0.05, 0) is 26.7 Å². The Morgan fingerprint density at radius 3 is 2.92 bits per heavy atom. The van der Waals surface area contributed by atoms with Gasteiger partial charge in [-0.15, -0.1) is 0 Å². The van der Waals surface area contributed by atoms with E-state index in [0.29, 0.717) is 13.0 Å². The molecule has 74 valence electrons. The lowest BCUT2D eigenvalue weighted by Gasteiger charge is -2.09. The Morgan fingerprint density at radius 2 is 2.46 bits per heavy atom. The summed E-state index contributed by atoms with van der Waals surface area (Å²) in [4.78, 5) is 11.0. The number of rotatable bonds is 3. The van der Waals surface area contributed by atoms with Crippen LogP contribution in [0.3, 0.4) is 0 Å². The maximum absolute atomic E-state index is 11.0. The van der Waals surface area contributed by atoms with E-state index in [9.17, 15) is 9.90 Å². The average Bonchev–Trinajstić information content (AvgIpc) is 2.34. The third-order valence-corrected chi connectivity index (χ3v) is 2.10. The molecule has 2 atom stereocenters. The number of hydrogen-bond acceptors (Lipinski definition) is 3. The lowest BCUT2D eigenvalue weighted by molar-refractivity contribution is -0.141. The van der Waals surface area contributed by atoms with E-state index in [1.54, 1.807) is 6.08 Å². The fourth-order valence-electron chi connectivity index (χ4n) is 1.50. The van der Waals surface area contributed by atoms with Crippen LogP contribution in [-0.2, 0) is 9.53 Å². The number of aliphatic hydroxyl groups excluding tert-OH is 1. The monoisotopic (exact) mass is 184 g/mol. The van der Waals surface area contributed by atoms with Gasteiger partial charge in [0.2, 0.25) is 0 Å². The Kier molecular flexibility index (Phi) is 3.48. The highest BCUT2D eigenvalue weighted by Crippen LogP contribution is 2.20. The molecule has 0 radical (unpaired) electrons. The summed E-state index contributed by atoms with van der Waals surface area (Å²) in [7, 11) is 0. The fourth-order valence-corrected chi connectivity index (χ4v) is 1.50. The van der Waals surface area contributed by atoms with Gasteiger partial charge in [0.1, 0.15) is 0 Å². The number of hydrogen-bond donors (Lipinski definition) is 1. The molecule has 1 heterocycles. The van der Waals surface area contributed by atoms with Gasteiger partial charge in [-0.2, -0.15) is 0 Å². The molecule has 2 unspecified atom stereocenters. The van der Waals surface area contributed by atoms with Gasteiger partial charge in [0.05, 0.1) is 18.6 Å². The van der Waals surface area contributed by atoms with Gasteiger partial charge in [-0.3, -0.25) is 4.79 Å². The summed E-state index contributed by atoms with van der Waals surface area (Å²) in [6.07, 6.45) is 2.49. The topological polar surface area (TPSA) is 46.5 Å². The predicted octanol–water partition coefficient (Wildman–Crippen LogP) is 1.27. The zero-order chi connectivity index (χ0) is 9.84. The van der Waals surface area contributed by atoms with E-state index in [0.717, 1.165) is 12.0 Å². The van der Waals surface area contributed by atoms with E-state index in [-0.39, 0.29) is 11.9 Å². The molecule has 0 aromatic heterocycles. The zero-order valence-corrected chi connectivity index (χ0v) is 8.12. The number of ether oxygens (including phenoxy) is 1. The molecule has 1 rings (SSSR count). The quantitative estimate of drug-likeness (QED) is 0.530. The summed E-state index contributed by atoms with van der Waals surface area (Å²) in [5.41, 5.74) is 1.07. The Bertz CT molecular complexity index is 216. The number of allylic oxidation sites excluding steroid dienone is 1. The molecule has 0 spiro atoms. The van der Waals surface area contributed by atoms with Gasteiger partial charge in [0.15, 0.2) is 0 Å². The van der Waals surface area contributed by atoms with Crippen LogP contribution in [0.1, 0.15) is 26.7 Å². The first kappa shape index (κ1) is 10.3. The average molecular weight is 184 g/mol. The normalized spacial score (nSPS) is 23.9. The van der Waals surface area contributed by atoms with E-state index in [1.807, 2.05) is 13.8 Å². The molecule has 1 N–H and O–H groups in total. The lowest BCUT2D eigenvalue weighted by Crippen LogP contribution is -2.15. The molecule has 0 aliphatic carbocycles. The highest BCUT2D eigenvalue weighted by Gasteiger charge is 2.27. The van der Waals surface area contributed by atoms with Crippen molar-refractivity contribution in [2.45, 2.75) is 32.8 Å². The second kappa shape index (κ2) is 4.42. The summed E-state index contributed by atoms with van der Waals surface area (Å²) in [6, 6.07) is 0. The van der Waals surface area contributed by atoms with Crippen LogP contribution in [0.15, 0.2) is 11.6 Å². The molecule has 0 bridgehead atoms. The standard InChI is InChI=1S/C10H16O3/c1-7(2)5-9(11)6-8-3-4-13-10(8)12/h5,8-9,11H,3-4,6H2,1-2H3. The van der Waals surface area contributed by atoms with Crippen molar-refractivity contribution in [2.24, 2.45) is 5.92 Å².